The van der Waals surface area contributed by atoms with E-state index in [1.165, 1.54) is 16.7 Å². The molecule has 0 aliphatic carbocycles. The quantitative estimate of drug-likeness (QED) is 0.395. The molecule has 0 bridgehead atoms. The van der Waals surface area contributed by atoms with Crippen LogP contribution in [0.15, 0.2) is 41.7 Å². The van der Waals surface area contributed by atoms with Crippen molar-refractivity contribution in [2.75, 3.05) is 57.8 Å². The molecule has 1 fully saturated rings. The molecule has 0 saturated carbocycles. The molecule has 2 N–H and O–H groups in total. The highest BCUT2D eigenvalue weighted by Gasteiger charge is 2.18. The number of anilines is 1. The number of guanidine groups is 1. The molecular formula is C23H35N7. The van der Waals surface area contributed by atoms with Crippen LogP contribution >= 0.6 is 0 Å². The summed E-state index contributed by atoms with van der Waals surface area (Å²) in [5.74, 6) is 1.72. The summed E-state index contributed by atoms with van der Waals surface area (Å²) in [4.78, 5) is 17.8. The molecule has 1 saturated heterocycles. The van der Waals surface area contributed by atoms with E-state index in [1.54, 1.807) is 0 Å². The van der Waals surface area contributed by atoms with Crippen molar-refractivity contribution in [2.45, 2.75) is 26.7 Å². The molecule has 7 heteroatoms. The van der Waals surface area contributed by atoms with E-state index in [0.717, 1.165) is 70.6 Å². The van der Waals surface area contributed by atoms with Crippen molar-refractivity contribution < 1.29 is 0 Å². The lowest BCUT2D eigenvalue weighted by Crippen LogP contribution is -2.47. The Labute approximate surface area is 180 Å². The van der Waals surface area contributed by atoms with Crippen molar-refractivity contribution in [3.63, 3.8) is 0 Å². The van der Waals surface area contributed by atoms with Gasteiger partial charge >= 0.3 is 0 Å². The fourth-order valence-electron chi connectivity index (χ4n) is 3.89. The standard InChI is InChI=1S/C23H35N7/c1-19-16-20(2)18-21(17-19)6-10-26-22(24-3)25-9-5-11-29-12-14-30(15-13-29)23-27-7-4-8-28-23/h4,7-8,16-18H,5-6,9-15H2,1-3H3,(H2,24,25,26). The van der Waals surface area contributed by atoms with Crippen molar-refractivity contribution >= 4 is 11.9 Å². The van der Waals surface area contributed by atoms with Crippen LogP contribution in [0.5, 0.6) is 0 Å². The fraction of sp³-hybridized carbons (Fsp3) is 0.522. The normalized spacial score (nSPS) is 15.3. The number of nitrogens with zero attached hydrogens (tertiary/aromatic N) is 5. The van der Waals surface area contributed by atoms with Crippen LogP contribution in [0.4, 0.5) is 5.95 Å². The number of piperazine rings is 1. The van der Waals surface area contributed by atoms with Crippen LogP contribution in [-0.2, 0) is 6.42 Å². The predicted octanol–water partition coefficient (Wildman–Crippen LogP) is 2.01. The first-order valence-electron chi connectivity index (χ1n) is 10.9. The zero-order valence-electron chi connectivity index (χ0n) is 18.6. The number of hydrogen-bond acceptors (Lipinski definition) is 5. The van der Waals surface area contributed by atoms with Gasteiger partial charge in [0.15, 0.2) is 5.96 Å². The summed E-state index contributed by atoms with van der Waals surface area (Å²) in [6.45, 7) is 11.3. The average molecular weight is 410 g/mol. The van der Waals surface area contributed by atoms with Crippen LogP contribution in [0.25, 0.3) is 0 Å². The van der Waals surface area contributed by atoms with E-state index in [4.69, 9.17) is 0 Å². The molecule has 0 radical (unpaired) electrons. The van der Waals surface area contributed by atoms with Gasteiger partial charge in [0.1, 0.15) is 0 Å². The number of aliphatic imine (C=N–C) groups is 1. The third-order valence-corrected chi connectivity index (χ3v) is 5.36. The highest BCUT2D eigenvalue weighted by molar-refractivity contribution is 5.79. The first-order chi connectivity index (χ1) is 14.6. The van der Waals surface area contributed by atoms with E-state index in [0.29, 0.717) is 0 Å². The summed E-state index contributed by atoms with van der Waals surface area (Å²) in [5, 5.41) is 6.86. The van der Waals surface area contributed by atoms with E-state index < -0.39 is 0 Å². The third kappa shape index (κ3) is 6.99. The van der Waals surface area contributed by atoms with Crippen LogP contribution in [0.2, 0.25) is 0 Å². The van der Waals surface area contributed by atoms with Gasteiger partial charge in [-0.15, -0.1) is 0 Å². The van der Waals surface area contributed by atoms with Crippen LogP contribution in [-0.4, -0.2) is 73.7 Å². The van der Waals surface area contributed by atoms with Crippen molar-refractivity contribution in [3.05, 3.63) is 53.3 Å². The second-order valence-electron chi connectivity index (χ2n) is 7.90. The first kappa shape index (κ1) is 22.0. The molecule has 1 aromatic carbocycles. The van der Waals surface area contributed by atoms with Gasteiger partial charge < -0.3 is 15.5 Å². The Hall–Kier alpha value is -2.67. The minimum absolute atomic E-state index is 0.842. The van der Waals surface area contributed by atoms with Crippen LogP contribution in [0, 0.1) is 13.8 Å². The number of hydrogen-bond donors (Lipinski definition) is 2. The lowest BCUT2D eigenvalue weighted by molar-refractivity contribution is 0.254. The zero-order valence-corrected chi connectivity index (χ0v) is 18.6. The molecule has 30 heavy (non-hydrogen) atoms. The maximum absolute atomic E-state index is 4.35. The average Bonchev–Trinajstić information content (AvgIpc) is 2.76. The van der Waals surface area contributed by atoms with Crippen molar-refractivity contribution in [1.29, 1.82) is 0 Å². The second kappa shape index (κ2) is 11.5. The SMILES string of the molecule is CN=C(NCCCN1CCN(c2ncccn2)CC1)NCCc1cc(C)cc(C)c1. The maximum Gasteiger partial charge on any atom is 0.225 e. The minimum atomic E-state index is 0.842. The van der Waals surface area contributed by atoms with Crippen LogP contribution in [0.3, 0.4) is 0 Å². The van der Waals surface area contributed by atoms with Gasteiger partial charge in [0.05, 0.1) is 0 Å². The molecule has 0 amide bonds. The van der Waals surface area contributed by atoms with Crippen molar-refractivity contribution in [2.24, 2.45) is 4.99 Å². The van der Waals surface area contributed by atoms with E-state index in [9.17, 15) is 0 Å². The summed E-state index contributed by atoms with van der Waals surface area (Å²) in [7, 11) is 1.83. The summed E-state index contributed by atoms with van der Waals surface area (Å²) in [6.07, 6.45) is 5.71. The molecule has 7 nitrogen and oxygen atoms in total. The Morgan fingerprint density at radius 3 is 2.30 bits per heavy atom. The molecule has 1 aliphatic heterocycles. The number of aromatic nitrogens is 2. The minimum Gasteiger partial charge on any atom is -0.356 e. The van der Waals surface area contributed by atoms with Gasteiger partial charge in [0.25, 0.3) is 0 Å². The Bertz CT molecular complexity index is 778. The third-order valence-electron chi connectivity index (χ3n) is 5.36. The Morgan fingerprint density at radius 1 is 0.967 bits per heavy atom. The molecule has 1 aliphatic rings. The largest absolute Gasteiger partial charge is 0.356 e. The topological polar surface area (TPSA) is 68.7 Å². The molecule has 162 valence electrons. The Kier molecular flexibility index (Phi) is 8.44. The molecule has 0 unspecified atom stereocenters. The highest BCUT2D eigenvalue weighted by Crippen LogP contribution is 2.10. The fourth-order valence-corrected chi connectivity index (χ4v) is 3.89. The van der Waals surface area contributed by atoms with E-state index in [-0.39, 0.29) is 0 Å². The lowest BCUT2D eigenvalue weighted by Gasteiger charge is -2.34. The second-order valence-corrected chi connectivity index (χ2v) is 7.90. The molecule has 0 spiro atoms. The molecule has 2 aromatic rings. The maximum atomic E-state index is 4.35. The summed E-state index contributed by atoms with van der Waals surface area (Å²) < 4.78 is 0. The molecular weight excluding hydrogens is 374 g/mol. The summed E-state index contributed by atoms with van der Waals surface area (Å²) in [6, 6.07) is 8.59. The highest BCUT2D eigenvalue weighted by atomic mass is 15.3. The van der Waals surface area contributed by atoms with Gasteiger partial charge in [-0.25, -0.2) is 9.97 Å². The number of benzene rings is 1. The van der Waals surface area contributed by atoms with Gasteiger partial charge in [-0.2, -0.15) is 0 Å². The van der Waals surface area contributed by atoms with Gasteiger partial charge in [-0.1, -0.05) is 29.3 Å². The first-order valence-corrected chi connectivity index (χ1v) is 10.9. The predicted molar refractivity (Wildman–Crippen MR) is 124 cm³/mol. The van der Waals surface area contributed by atoms with Crippen LogP contribution < -0.4 is 15.5 Å². The summed E-state index contributed by atoms with van der Waals surface area (Å²) >= 11 is 0. The molecule has 1 aromatic heterocycles. The monoisotopic (exact) mass is 409 g/mol. The Morgan fingerprint density at radius 2 is 1.63 bits per heavy atom. The molecule has 2 heterocycles. The molecule has 0 atom stereocenters. The Balaban J connectivity index is 1.29. The van der Waals surface area contributed by atoms with Gasteiger partial charge in [-0.3, -0.25) is 9.89 Å². The number of nitrogens with one attached hydrogen (secondary N) is 2. The van der Waals surface area contributed by atoms with Gasteiger partial charge in [0.2, 0.25) is 5.95 Å². The van der Waals surface area contributed by atoms with E-state index >= 15 is 0 Å². The lowest BCUT2D eigenvalue weighted by atomic mass is 10.1. The van der Waals surface area contributed by atoms with E-state index in [1.807, 2.05) is 25.5 Å². The van der Waals surface area contributed by atoms with Crippen molar-refractivity contribution in [3.8, 4) is 0 Å². The van der Waals surface area contributed by atoms with Gasteiger partial charge in [-0.05, 0) is 44.9 Å². The van der Waals surface area contributed by atoms with Crippen molar-refractivity contribution in [1.82, 2.24) is 25.5 Å². The van der Waals surface area contributed by atoms with Crippen LogP contribution in [0.1, 0.15) is 23.1 Å². The summed E-state index contributed by atoms with van der Waals surface area (Å²) in [5.41, 5.74) is 4.02. The zero-order chi connectivity index (χ0) is 21.2. The smallest absolute Gasteiger partial charge is 0.225 e. The number of aryl methyl sites for hydroxylation is 2. The molecule has 3 rings (SSSR count). The van der Waals surface area contributed by atoms with Gasteiger partial charge in [0, 0.05) is 58.7 Å². The number of rotatable bonds is 8. The van der Waals surface area contributed by atoms with E-state index in [2.05, 4.69) is 67.4 Å².